The Balaban J connectivity index is 0.00000392. The van der Waals surface area contributed by atoms with Crippen LogP contribution in [0.3, 0.4) is 0 Å². The second kappa shape index (κ2) is 15.3. The molecule has 2 rings (SSSR count). The summed E-state index contributed by atoms with van der Waals surface area (Å²) in [6.45, 7) is 7.66. The number of nitrogens with zero attached hydrogens (tertiary/aromatic N) is 2. The van der Waals surface area contributed by atoms with Crippen LogP contribution in [0.1, 0.15) is 31.4 Å². The van der Waals surface area contributed by atoms with Crippen LogP contribution in [0.15, 0.2) is 29.3 Å². The minimum Gasteiger partial charge on any atom is -0.379 e. The highest BCUT2D eigenvalue weighted by molar-refractivity contribution is 14.0. The van der Waals surface area contributed by atoms with Gasteiger partial charge in [0.05, 0.1) is 25.8 Å². The lowest BCUT2D eigenvalue weighted by Gasteiger charge is -2.34. The average molecular weight is 524 g/mol. The van der Waals surface area contributed by atoms with Gasteiger partial charge in [0.2, 0.25) is 0 Å². The van der Waals surface area contributed by atoms with E-state index in [1.54, 1.807) is 0 Å². The predicted octanol–water partition coefficient (Wildman–Crippen LogP) is 3.52. The fraction of sp³-hybridized carbons (Fsp3) is 0.650. The average Bonchev–Trinajstić information content (AvgIpc) is 2.70. The molecular weight excluding hydrogens is 490 g/mol. The first-order chi connectivity index (χ1) is 13.2. The first-order valence-electron chi connectivity index (χ1n) is 9.83. The van der Waals surface area contributed by atoms with Crippen LogP contribution in [0.25, 0.3) is 0 Å². The number of nitrogens with one attached hydrogen (secondary N) is 2. The van der Waals surface area contributed by atoms with Crippen molar-refractivity contribution < 1.29 is 9.13 Å². The number of morpholine rings is 1. The highest BCUT2D eigenvalue weighted by atomic mass is 127. The molecule has 1 aliphatic heterocycles. The van der Waals surface area contributed by atoms with Crippen molar-refractivity contribution in [3.8, 4) is 0 Å². The molecule has 1 unspecified atom stereocenters. The molecule has 0 aliphatic carbocycles. The molecule has 0 amide bonds. The number of hydrogen-bond donors (Lipinski definition) is 2. The van der Waals surface area contributed by atoms with Crippen LogP contribution in [-0.4, -0.2) is 68.8 Å². The third kappa shape index (κ3) is 9.28. The molecule has 0 radical (unpaired) electrons. The van der Waals surface area contributed by atoms with E-state index in [-0.39, 0.29) is 35.8 Å². The predicted molar refractivity (Wildman–Crippen MR) is 129 cm³/mol. The number of ether oxygens (including phenoxy) is 1. The summed E-state index contributed by atoms with van der Waals surface area (Å²) in [4.78, 5) is 7.20. The SMILES string of the molecule is CCNC(=NCC(c1ccc(F)cc1)N1CCOCC1)NCCCCSC.I. The molecule has 1 saturated heterocycles. The smallest absolute Gasteiger partial charge is 0.191 e. The molecule has 1 aliphatic rings. The molecular formula is C20H34FIN4OS. The number of thioether (sulfide) groups is 1. The molecule has 28 heavy (non-hydrogen) atoms. The van der Waals surface area contributed by atoms with Gasteiger partial charge in [0, 0.05) is 26.2 Å². The Morgan fingerprint density at radius 3 is 2.57 bits per heavy atom. The van der Waals surface area contributed by atoms with E-state index >= 15 is 0 Å². The zero-order chi connectivity index (χ0) is 19.3. The van der Waals surface area contributed by atoms with E-state index in [9.17, 15) is 4.39 Å². The molecule has 0 aromatic heterocycles. The molecule has 1 aromatic rings. The number of aliphatic imine (C=N–C) groups is 1. The first-order valence-corrected chi connectivity index (χ1v) is 11.2. The van der Waals surface area contributed by atoms with Crippen LogP contribution < -0.4 is 10.6 Å². The summed E-state index contributed by atoms with van der Waals surface area (Å²) >= 11 is 1.88. The topological polar surface area (TPSA) is 48.9 Å². The van der Waals surface area contributed by atoms with E-state index in [1.165, 1.54) is 24.3 Å². The van der Waals surface area contributed by atoms with Crippen molar-refractivity contribution >= 4 is 41.7 Å². The van der Waals surface area contributed by atoms with Gasteiger partial charge in [-0.2, -0.15) is 11.8 Å². The van der Waals surface area contributed by atoms with Crippen LogP contribution in [0.5, 0.6) is 0 Å². The van der Waals surface area contributed by atoms with Gasteiger partial charge in [-0.3, -0.25) is 9.89 Å². The quantitative estimate of drug-likeness (QED) is 0.212. The molecule has 1 aromatic carbocycles. The number of halogens is 2. The second-order valence-corrected chi connectivity index (χ2v) is 7.55. The van der Waals surface area contributed by atoms with E-state index in [0.717, 1.165) is 57.3 Å². The van der Waals surface area contributed by atoms with E-state index < -0.39 is 0 Å². The number of benzene rings is 1. The van der Waals surface area contributed by atoms with Crippen LogP contribution in [0, 0.1) is 5.82 Å². The Morgan fingerprint density at radius 2 is 1.93 bits per heavy atom. The van der Waals surface area contributed by atoms with Crippen molar-refractivity contribution in [3.63, 3.8) is 0 Å². The molecule has 0 saturated carbocycles. The fourth-order valence-electron chi connectivity index (χ4n) is 3.10. The van der Waals surface area contributed by atoms with Gasteiger partial charge in [-0.1, -0.05) is 12.1 Å². The number of rotatable bonds is 10. The normalized spacial score (nSPS) is 16.3. The summed E-state index contributed by atoms with van der Waals surface area (Å²) < 4.78 is 18.8. The highest BCUT2D eigenvalue weighted by Gasteiger charge is 2.22. The summed E-state index contributed by atoms with van der Waals surface area (Å²) in [5, 5.41) is 6.75. The minimum absolute atomic E-state index is 0. The number of guanidine groups is 1. The lowest BCUT2D eigenvalue weighted by atomic mass is 10.0. The maximum atomic E-state index is 13.4. The van der Waals surface area contributed by atoms with E-state index in [2.05, 4.69) is 28.7 Å². The maximum Gasteiger partial charge on any atom is 0.191 e. The lowest BCUT2D eigenvalue weighted by molar-refractivity contribution is 0.0179. The van der Waals surface area contributed by atoms with Gasteiger partial charge in [-0.25, -0.2) is 4.39 Å². The first kappa shape index (κ1) is 25.5. The summed E-state index contributed by atoms with van der Waals surface area (Å²) in [6, 6.07) is 6.92. The fourth-order valence-corrected chi connectivity index (χ4v) is 3.60. The Bertz CT molecular complexity index is 556. The van der Waals surface area contributed by atoms with Crippen LogP contribution in [-0.2, 0) is 4.74 Å². The van der Waals surface area contributed by atoms with Crippen LogP contribution in [0.4, 0.5) is 4.39 Å². The highest BCUT2D eigenvalue weighted by Crippen LogP contribution is 2.22. The molecule has 0 bridgehead atoms. The number of unbranched alkanes of at least 4 members (excludes halogenated alkanes) is 1. The lowest BCUT2D eigenvalue weighted by Crippen LogP contribution is -2.42. The Morgan fingerprint density at radius 1 is 1.21 bits per heavy atom. The van der Waals surface area contributed by atoms with Crippen molar-refractivity contribution in [1.29, 1.82) is 0 Å². The third-order valence-corrected chi connectivity index (χ3v) is 5.27. The van der Waals surface area contributed by atoms with Crippen LogP contribution in [0.2, 0.25) is 0 Å². The molecule has 160 valence electrons. The Hall–Kier alpha value is -0.580. The molecule has 5 nitrogen and oxygen atoms in total. The molecule has 8 heteroatoms. The minimum atomic E-state index is -0.205. The second-order valence-electron chi connectivity index (χ2n) is 6.56. The summed E-state index contributed by atoms with van der Waals surface area (Å²) in [5.74, 6) is 1.84. The van der Waals surface area contributed by atoms with Gasteiger partial charge in [-0.15, -0.1) is 24.0 Å². The van der Waals surface area contributed by atoms with Crippen molar-refractivity contribution in [2.24, 2.45) is 4.99 Å². The van der Waals surface area contributed by atoms with Gasteiger partial charge in [0.1, 0.15) is 5.82 Å². The molecule has 2 N–H and O–H groups in total. The standard InChI is InChI=1S/C20H33FN4OS.HI/c1-3-22-20(23-10-4-5-15-27-2)24-16-19(25-11-13-26-14-12-25)17-6-8-18(21)9-7-17;/h6-9,19H,3-5,10-16H2,1-2H3,(H2,22,23,24);1H. The number of hydrogen-bond acceptors (Lipinski definition) is 4. The summed E-state index contributed by atoms with van der Waals surface area (Å²) in [6.07, 6.45) is 4.48. The Kier molecular flexibility index (Phi) is 13.9. The third-order valence-electron chi connectivity index (χ3n) is 4.58. The van der Waals surface area contributed by atoms with Crippen molar-refractivity contribution in [2.45, 2.75) is 25.8 Å². The molecule has 1 heterocycles. The van der Waals surface area contributed by atoms with Crippen LogP contribution >= 0.6 is 35.7 Å². The van der Waals surface area contributed by atoms with E-state index in [4.69, 9.17) is 9.73 Å². The van der Waals surface area contributed by atoms with Gasteiger partial charge in [0.15, 0.2) is 5.96 Å². The van der Waals surface area contributed by atoms with Gasteiger partial charge < -0.3 is 15.4 Å². The summed E-state index contributed by atoms with van der Waals surface area (Å²) in [7, 11) is 0. The summed E-state index contributed by atoms with van der Waals surface area (Å²) in [5.41, 5.74) is 1.10. The molecule has 1 atom stereocenters. The van der Waals surface area contributed by atoms with E-state index in [0.29, 0.717) is 6.54 Å². The van der Waals surface area contributed by atoms with Gasteiger partial charge in [-0.05, 0) is 49.5 Å². The molecule has 0 spiro atoms. The van der Waals surface area contributed by atoms with Crippen molar-refractivity contribution in [3.05, 3.63) is 35.6 Å². The van der Waals surface area contributed by atoms with Crippen molar-refractivity contribution in [1.82, 2.24) is 15.5 Å². The maximum absolute atomic E-state index is 13.4. The molecule has 1 fully saturated rings. The van der Waals surface area contributed by atoms with Gasteiger partial charge in [0.25, 0.3) is 0 Å². The zero-order valence-electron chi connectivity index (χ0n) is 17.0. The van der Waals surface area contributed by atoms with Gasteiger partial charge >= 0.3 is 0 Å². The largest absolute Gasteiger partial charge is 0.379 e. The Labute approximate surface area is 190 Å². The monoisotopic (exact) mass is 524 g/mol. The van der Waals surface area contributed by atoms with E-state index in [1.807, 2.05) is 23.9 Å². The zero-order valence-corrected chi connectivity index (χ0v) is 20.1. The van der Waals surface area contributed by atoms with Crippen molar-refractivity contribution in [2.75, 3.05) is 57.9 Å².